The smallest absolute Gasteiger partial charge is 0.275 e. The van der Waals surface area contributed by atoms with Gasteiger partial charge in [-0.15, -0.1) is 0 Å². The van der Waals surface area contributed by atoms with Crippen LogP contribution in [0.5, 0.6) is 0 Å². The largest absolute Gasteiger partial charge is 0.389 e. The van der Waals surface area contributed by atoms with E-state index < -0.39 is 6.10 Å². The number of aromatic nitrogens is 2. The lowest BCUT2D eigenvalue weighted by molar-refractivity contribution is -0.135. The van der Waals surface area contributed by atoms with E-state index in [1.165, 1.54) is 4.68 Å². The van der Waals surface area contributed by atoms with E-state index in [2.05, 4.69) is 10.00 Å². The lowest BCUT2D eigenvalue weighted by atomic mass is 10.1. The van der Waals surface area contributed by atoms with Gasteiger partial charge in [0, 0.05) is 31.6 Å². The van der Waals surface area contributed by atoms with Gasteiger partial charge in [-0.05, 0) is 18.9 Å². The molecule has 0 radical (unpaired) electrons. The molecule has 1 aliphatic heterocycles. The van der Waals surface area contributed by atoms with Crippen LogP contribution in [0, 0.1) is 0 Å². The molecule has 1 aromatic heterocycles. The van der Waals surface area contributed by atoms with Crippen molar-refractivity contribution in [3.05, 3.63) is 40.8 Å². The number of ether oxygens (including phenoxy) is 1. The highest BCUT2D eigenvalue weighted by molar-refractivity contribution is 5.81. The third kappa shape index (κ3) is 3.55. The summed E-state index contributed by atoms with van der Waals surface area (Å²) in [6.45, 7) is 2.84. The third-order valence-electron chi connectivity index (χ3n) is 6.00. The molecule has 3 atom stereocenters. The van der Waals surface area contributed by atoms with E-state index in [0.717, 1.165) is 31.3 Å². The highest BCUT2D eigenvalue weighted by Crippen LogP contribution is 2.28. The minimum absolute atomic E-state index is 0.0469. The summed E-state index contributed by atoms with van der Waals surface area (Å²) in [6, 6.07) is 6.99. The zero-order valence-electron chi connectivity index (χ0n) is 16.0. The first-order valence-electron chi connectivity index (χ1n) is 9.76. The Hall–Kier alpha value is -2.29. The number of nitrogens with zero attached hydrogens (tertiary/aromatic N) is 4. The molecule has 2 heterocycles. The molecule has 2 aromatic rings. The molecule has 1 saturated heterocycles. The Bertz CT molecular complexity index is 908. The first kappa shape index (κ1) is 19.0. The molecule has 28 heavy (non-hydrogen) atoms. The van der Waals surface area contributed by atoms with Crippen molar-refractivity contribution in [2.45, 2.75) is 37.6 Å². The fourth-order valence-corrected chi connectivity index (χ4v) is 4.33. The van der Waals surface area contributed by atoms with Crippen molar-refractivity contribution in [1.29, 1.82) is 0 Å². The van der Waals surface area contributed by atoms with Gasteiger partial charge in [0.15, 0.2) is 0 Å². The van der Waals surface area contributed by atoms with Crippen LogP contribution >= 0.6 is 0 Å². The predicted octanol–water partition coefficient (Wildman–Crippen LogP) is 0.0790. The maximum atomic E-state index is 12.8. The molecule has 4 rings (SSSR count). The first-order chi connectivity index (χ1) is 13.6. The lowest BCUT2D eigenvalue weighted by Gasteiger charge is -2.36. The number of fused-ring (bicyclic) bond motifs is 1. The number of benzene rings is 1. The quantitative estimate of drug-likeness (QED) is 0.801. The molecule has 8 heteroatoms. The standard InChI is InChI=1S/C20H26N4O4/c1-22(16-6-7-17(19(16)26)23-8-10-28-11-9-23)18(25)13-24-20(27)15-5-3-2-4-14(15)12-21-24/h2-5,12,16-17,19,26H,6-11,13H2,1H3/t16-,17-,19-/m1/s1. The second-order valence-electron chi connectivity index (χ2n) is 7.55. The highest BCUT2D eigenvalue weighted by atomic mass is 16.5. The topological polar surface area (TPSA) is 87.9 Å². The fraction of sp³-hybridized carbons (Fsp3) is 0.550. The Labute approximate surface area is 163 Å². The van der Waals surface area contributed by atoms with Crippen LogP contribution in [0.25, 0.3) is 10.8 Å². The Morgan fingerprint density at radius 1 is 1.29 bits per heavy atom. The second-order valence-corrected chi connectivity index (χ2v) is 7.55. The summed E-state index contributed by atoms with van der Waals surface area (Å²) in [6.07, 6.45) is 2.58. The van der Waals surface area contributed by atoms with Crippen LogP contribution in [0.4, 0.5) is 0 Å². The average molecular weight is 386 g/mol. The third-order valence-corrected chi connectivity index (χ3v) is 6.00. The average Bonchev–Trinajstić information content (AvgIpc) is 3.11. The summed E-state index contributed by atoms with van der Waals surface area (Å²) in [5, 5.41) is 16.3. The fourth-order valence-electron chi connectivity index (χ4n) is 4.33. The maximum absolute atomic E-state index is 12.8. The van der Waals surface area contributed by atoms with Crippen LogP contribution in [0.2, 0.25) is 0 Å². The molecular formula is C20H26N4O4. The molecule has 1 aliphatic carbocycles. The van der Waals surface area contributed by atoms with Gasteiger partial charge in [0.05, 0.1) is 36.9 Å². The number of aliphatic hydroxyl groups excluding tert-OH is 1. The lowest BCUT2D eigenvalue weighted by Crippen LogP contribution is -2.52. The Kier molecular flexibility index (Phi) is 5.43. The monoisotopic (exact) mass is 386 g/mol. The number of likely N-dealkylation sites (N-methyl/N-ethyl adjacent to an activating group) is 1. The Morgan fingerprint density at radius 3 is 2.82 bits per heavy atom. The highest BCUT2D eigenvalue weighted by Gasteiger charge is 2.41. The van der Waals surface area contributed by atoms with Gasteiger partial charge < -0.3 is 14.7 Å². The number of rotatable bonds is 4. The van der Waals surface area contributed by atoms with Crippen molar-refractivity contribution in [1.82, 2.24) is 19.6 Å². The van der Waals surface area contributed by atoms with E-state index in [1.54, 1.807) is 30.3 Å². The number of carbonyl (C=O) groups excluding carboxylic acids is 1. The van der Waals surface area contributed by atoms with Gasteiger partial charge in [0.25, 0.3) is 5.56 Å². The summed E-state index contributed by atoms with van der Waals surface area (Å²) in [5.74, 6) is -0.225. The van der Waals surface area contributed by atoms with E-state index in [1.807, 2.05) is 12.1 Å². The minimum atomic E-state index is -0.603. The van der Waals surface area contributed by atoms with Crippen molar-refractivity contribution < 1.29 is 14.6 Å². The molecule has 1 N–H and O–H groups in total. The summed E-state index contributed by atoms with van der Waals surface area (Å²) >= 11 is 0. The van der Waals surface area contributed by atoms with Crippen molar-refractivity contribution >= 4 is 16.7 Å². The maximum Gasteiger partial charge on any atom is 0.275 e. The number of amides is 1. The van der Waals surface area contributed by atoms with Crippen LogP contribution in [0.1, 0.15) is 12.8 Å². The zero-order valence-corrected chi connectivity index (χ0v) is 16.0. The van der Waals surface area contributed by atoms with Crippen molar-refractivity contribution in [3.8, 4) is 0 Å². The molecule has 1 saturated carbocycles. The van der Waals surface area contributed by atoms with E-state index in [9.17, 15) is 14.7 Å². The number of morpholine rings is 1. The SMILES string of the molecule is CN(C(=O)Cn1ncc2ccccc2c1=O)[C@@H]1CC[C@@H](N2CCOCC2)[C@@H]1O. The van der Waals surface area contributed by atoms with Crippen LogP contribution < -0.4 is 5.56 Å². The summed E-state index contributed by atoms with van der Waals surface area (Å²) in [4.78, 5) is 29.2. The number of hydrogen-bond acceptors (Lipinski definition) is 6. The van der Waals surface area contributed by atoms with E-state index in [0.29, 0.717) is 18.6 Å². The molecule has 8 nitrogen and oxygen atoms in total. The zero-order chi connectivity index (χ0) is 19.7. The van der Waals surface area contributed by atoms with Gasteiger partial charge in [-0.2, -0.15) is 5.10 Å². The first-order valence-corrected chi connectivity index (χ1v) is 9.76. The van der Waals surface area contributed by atoms with Gasteiger partial charge in [-0.1, -0.05) is 18.2 Å². The van der Waals surface area contributed by atoms with Crippen LogP contribution in [0.3, 0.4) is 0 Å². The molecular weight excluding hydrogens is 360 g/mol. The van der Waals surface area contributed by atoms with E-state index >= 15 is 0 Å². The van der Waals surface area contributed by atoms with Gasteiger partial charge >= 0.3 is 0 Å². The normalized spacial score (nSPS) is 25.9. The molecule has 0 spiro atoms. The summed E-state index contributed by atoms with van der Waals surface area (Å²) in [5.41, 5.74) is -0.280. The molecule has 2 fully saturated rings. The number of hydrogen-bond donors (Lipinski definition) is 1. The molecule has 150 valence electrons. The van der Waals surface area contributed by atoms with Gasteiger partial charge in [0.1, 0.15) is 6.54 Å². The number of carbonyl (C=O) groups is 1. The number of aliphatic hydroxyl groups is 1. The summed E-state index contributed by atoms with van der Waals surface area (Å²) < 4.78 is 6.58. The van der Waals surface area contributed by atoms with E-state index in [-0.39, 0.29) is 30.1 Å². The van der Waals surface area contributed by atoms with Crippen molar-refractivity contribution in [2.75, 3.05) is 33.4 Å². The van der Waals surface area contributed by atoms with E-state index in [4.69, 9.17) is 4.74 Å². The molecule has 2 aliphatic rings. The van der Waals surface area contributed by atoms with Gasteiger partial charge in [-0.25, -0.2) is 4.68 Å². The van der Waals surface area contributed by atoms with Crippen LogP contribution in [0.15, 0.2) is 35.3 Å². The second kappa shape index (κ2) is 7.98. The van der Waals surface area contributed by atoms with Crippen LogP contribution in [-0.2, 0) is 16.1 Å². The van der Waals surface area contributed by atoms with Gasteiger partial charge in [-0.3, -0.25) is 14.5 Å². The van der Waals surface area contributed by atoms with Gasteiger partial charge in [0.2, 0.25) is 5.91 Å². The molecule has 1 aromatic carbocycles. The molecule has 0 bridgehead atoms. The Balaban J connectivity index is 1.45. The predicted molar refractivity (Wildman–Crippen MR) is 104 cm³/mol. The Morgan fingerprint density at radius 2 is 2.04 bits per heavy atom. The summed E-state index contributed by atoms with van der Waals surface area (Å²) in [7, 11) is 1.70. The molecule has 0 unspecified atom stereocenters. The van der Waals surface area contributed by atoms with Crippen molar-refractivity contribution in [3.63, 3.8) is 0 Å². The van der Waals surface area contributed by atoms with Crippen LogP contribution in [-0.4, -0.2) is 82.1 Å². The molecule has 1 amide bonds. The minimum Gasteiger partial charge on any atom is -0.389 e. The van der Waals surface area contributed by atoms with Crippen molar-refractivity contribution in [2.24, 2.45) is 0 Å².